The highest BCUT2D eigenvalue weighted by Crippen LogP contribution is 2.37. The van der Waals surface area contributed by atoms with Crippen molar-refractivity contribution in [2.24, 2.45) is 27.9 Å². The molecule has 5 rings (SSSR count). The quantitative estimate of drug-likeness (QED) is 0.196. The number of alkyl halides is 1. The van der Waals surface area contributed by atoms with Crippen LogP contribution in [-0.2, 0) is 49.5 Å². The van der Waals surface area contributed by atoms with Gasteiger partial charge in [-0.05, 0) is 66.1 Å². The Morgan fingerprint density at radius 3 is 2.41 bits per heavy atom. The summed E-state index contributed by atoms with van der Waals surface area (Å²) in [5.74, 6) is -5.50. The first-order chi connectivity index (χ1) is 28.6. The first-order valence-corrected chi connectivity index (χ1v) is 20.6. The topological polar surface area (TPSA) is 245 Å². The highest BCUT2D eigenvalue weighted by atomic mass is 19.1. The number of cyclic esters (lactones) is 1. The average molecular weight is 861 g/mol. The standard InChI is InChI=1S/C41H61FN8O11/c1-11-30-41(8,55)36-23(4)32(46-25(6)51)21(2)14-29(56-18-27(19-57-36)48-58-17-26-12-13-31(44-16-26)50-20-45-39(43)47-50)34(24(5)35(53)40(7,42)38(54)60-30)61-37-33(52)28(49(9)10)15-22(3)59-37/h12-13,16,20-24,28-30,33-34,36-37,52,55H,11,14-15,17-19H2,1-10H3,(H2,43,47)/b46-32?,48-27-/t21-,22-,23+,24-,28+,29-,30-,33-,34-,36+,37+,40+,41-/m1/s1. The zero-order valence-electron chi connectivity index (χ0n) is 36.6. The van der Waals surface area contributed by atoms with Crippen LogP contribution in [0, 0.1) is 17.8 Å². The first kappa shape index (κ1) is 47.7. The van der Waals surface area contributed by atoms with Crippen molar-refractivity contribution in [1.29, 1.82) is 0 Å². The van der Waals surface area contributed by atoms with Gasteiger partial charge in [0.2, 0.25) is 11.9 Å². The number of hydrogen-bond donors (Lipinski definition) is 3. The van der Waals surface area contributed by atoms with Crippen LogP contribution in [0.1, 0.15) is 80.2 Å². The number of nitrogen functional groups attached to an aromatic ring is 1. The van der Waals surface area contributed by atoms with E-state index in [2.05, 4.69) is 25.2 Å². The Balaban J connectivity index is 1.61. The number of fused-ring (bicyclic) bond motifs is 5. The van der Waals surface area contributed by atoms with Crippen molar-refractivity contribution in [1.82, 2.24) is 24.6 Å². The number of ketones is 1. The molecule has 338 valence electrons. The van der Waals surface area contributed by atoms with Crippen molar-refractivity contribution >= 4 is 35.0 Å². The molecular weight excluding hydrogens is 799 g/mol. The Morgan fingerprint density at radius 1 is 1.10 bits per heavy atom. The fourth-order valence-corrected chi connectivity index (χ4v) is 8.34. The van der Waals surface area contributed by atoms with Gasteiger partial charge in [0.1, 0.15) is 36.5 Å². The number of aliphatic imine (C=N–C) groups is 1. The summed E-state index contributed by atoms with van der Waals surface area (Å²) in [5, 5.41) is 32.3. The van der Waals surface area contributed by atoms with E-state index in [0.717, 1.165) is 6.92 Å². The van der Waals surface area contributed by atoms with Crippen LogP contribution in [-0.4, -0.2) is 151 Å². The number of carbonyl (C=O) groups is 3. The number of esters is 1. The number of pyridine rings is 1. The van der Waals surface area contributed by atoms with E-state index in [4.69, 9.17) is 34.3 Å². The average Bonchev–Trinajstić information content (AvgIpc) is 3.64. The largest absolute Gasteiger partial charge is 0.457 e. The smallest absolute Gasteiger partial charge is 0.351 e. The number of nitrogens with zero attached hydrogens (tertiary/aromatic N) is 7. The second-order valence-corrected chi connectivity index (χ2v) is 16.9. The summed E-state index contributed by atoms with van der Waals surface area (Å²) in [7, 11) is 3.62. The molecule has 4 N–H and O–H groups in total. The Kier molecular flexibility index (Phi) is 15.5. The third kappa shape index (κ3) is 11.0. The van der Waals surface area contributed by atoms with Crippen LogP contribution >= 0.6 is 0 Å². The monoisotopic (exact) mass is 860 g/mol. The summed E-state index contributed by atoms with van der Waals surface area (Å²) < 4.78 is 49.6. The molecule has 2 aromatic heterocycles. The molecular formula is C41H61FN8O11. The molecule has 61 heavy (non-hydrogen) atoms. The zero-order chi connectivity index (χ0) is 45.0. The molecule has 1 amide bonds. The lowest BCUT2D eigenvalue weighted by atomic mass is 9.76. The normalized spacial score (nSPS) is 37.2. The number of aliphatic hydroxyl groups is 2. The van der Waals surface area contributed by atoms with Crippen LogP contribution in [0.2, 0.25) is 0 Å². The summed E-state index contributed by atoms with van der Waals surface area (Å²) in [6.45, 7) is 11.2. The molecule has 0 spiro atoms. The number of anilines is 1. The van der Waals surface area contributed by atoms with E-state index in [-0.39, 0.29) is 50.4 Å². The summed E-state index contributed by atoms with van der Waals surface area (Å²) in [6.07, 6.45) is -4.55. The maximum absolute atomic E-state index is 16.8. The number of Topliss-reactive ketones (excluding diaryl/α,β-unsaturated/α-hetero) is 1. The number of hydrogen-bond acceptors (Lipinski definition) is 17. The van der Waals surface area contributed by atoms with Gasteiger partial charge in [0.25, 0.3) is 5.67 Å². The van der Waals surface area contributed by atoms with E-state index in [1.807, 2.05) is 25.9 Å². The van der Waals surface area contributed by atoms with Crippen molar-refractivity contribution < 1.29 is 57.5 Å². The van der Waals surface area contributed by atoms with E-state index in [0.29, 0.717) is 23.5 Å². The van der Waals surface area contributed by atoms with Crippen LogP contribution in [0.3, 0.4) is 0 Å². The number of rotatable bonds is 8. The molecule has 0 aromatic carbocycles. The number of aromatic nitrogens is 4. The van der Waals surface area contributed by atoms with E-state index in [1.54, 1.807) is 39.1 Å². The molecule has 0 saturated carbocycles. The lowest BCUT2D eigenvalue weighted by molar-refractivity contribution is -0.284. The minimum atomic E-state index is -3.21. The van der Waals surface area contributed by atoms with Crippen molar-refractivity contribution in [3.8, 4) is 5.82 Å². The first-order valence-electron chi connectivity index (χ1n) is 20.6. The van der Waals surface area contributed by atoms with Crippen LogP contribution in [0.25, 0.3) is 5.82 Å². The summed E-state index contributed by atoms with van der Waals surface area (Å²) in [4.78, 5) is 61.2. The summed E-state index contributed by atoms with van der Waals surface area (Å²) in [5.41, 5.74) is 1.55. The molecule has 0 radical (unpaired) electrons. The van der Waals surface area contributed by atoms with E-state index in [9.17, 15) is 24.6 Å². The molecule has 0 aliphatic carbocycles. The molecule has 5 heterocycles. The SMILES string of the molecule is CC[C@H]1OC(=O)[C@@](C)(F)C(=O)[C@H](C)[C@@H](O[C@@H]2O[C@H](C)C[C@H](N(C)C)[C@H]2O)[C@H]2C[C@@H](C)C(=NC(C)=O)[C@H](C)[C@H](OC/C(=N\OCc3ccc(-n4cnc(N)n4)nc3)CO2)[C@]1(C)O. The van der Waals surface area contributed by atoms with Gasteiger partial charge in [0.15, 0.2) is 17.9 Å². The Morgan fingerprint density at radius 2 is 1.80 bits per heavy atom. The molecule has 13 atom stereocenters. The fraction of sp³-hybridized carbons (Fsp3) is 0.707. The van der Waals surface area contributed by atoms with Gasteiger partial charge in [-0.2, -0.15) is 0 Å². The minimum absolute atomic E-state index is 0.0138. The fourth-order valence-electron chi connectivity index (χ4n) is 8.34. The maximum atomic E-state index is 16.8. The lowest BCUT2D eigenvalue weighted by Gasteiger charge is -2.44. The van der Waals surface area contributed by atoms with Gasteiger partial charge >= 0.3 is 5.97 Å². The highest BCUT2D eigenvalue weighted by molar-refractivity contribution is 6.08. The second kappa shape index (κ2) is 19.8. The van der Waals surface area contributed by atoms with Crippen molar-refractivity contribution in [2.45, 2.75) is 141 Å². The van der Waals surface area contributed by atoms with E-state index >= 15 is 4.39 Å². The predicted molar refractivity (Wildman–Crippen MR) is 218 cm³/mol. The number of ether oxygens (including phenoxy) is 5. The van der Waals surface area contributed by atoms with Gasteiger partial charge < -0.3 is 49.4 Å². The van der Waals surface area contributed by atoms with E-state index in [1.165, 1.54) is 31.8 Å². The number of carbonyl (C=O) groups excluding carboxylic acids is 3. The third-order valence-corrected chi connectivity index (χ3v) is 11.7. The number of oxime groups is 1. The Hall–Kier alpha value is -4.31. The minimum Gasteiger partial charge on any atom is -0.457 e. The zero-order valence-corrected chi connectivity index (χ0v) is 36.6. The molecule has 3 saturated heterocycles. The third-order valence-electron chi connectivity index (χ3n) is 11.7. The van der Waals surface area contributed by atoms with E-state index < -0.39 is 89.5 Å². The van der Waals surface area contributed by atoms with Crippen molar-refractivity contribution in [3.05, 3.63) is 30.2 Å². The number of amides is 1. The van der Waals surface area contributed by atoms with Gasteiger partial charge in [-0.15, -0.1) is 5.10 Å². The summed E-state index contributed by atoms with van der Waals surface area (Å²) in [6, 6.07) is 3.05. The van der Waals surface area contributed by atoms with Crippen LogP contribution in [0.15, 0.2) is 34.8 Å². The molecule has 2 aromatic rings. The molecule has 3 aliphatic rings. The molecule has 3 aliphatic heterocycles. The van der Waals surface area contributed by atoms with Crippen LogP contribution < -0.4 is 5.73 Å². The second-order valence-electron chi connectivity index (χ2n) is 16.9. The molecule has 3 fully saturated rings. The number of halogens is 1. The van der Waals surface area contributed by atoms with Gasteiger partial charge in [0, 0.05) is 42.3 Å². The molecule has 2 bridgehead atoms. The van der Waals surface area contributed by atoms with Crippen LogP contribution in [0.4, 0.5) is 10.3 Å². The number of nitrogens with two attached hydrogens (primary N) is 1. The van der Waals surface area contributed by atoms with Crippen molar-refractivity contribution in [3.63, 3.8) is 0 Å². The molecule has 0 unspecified atom stereocenters. The Labute approximate surface area is 355 Å². The number of aliphatic hydroxyl groups excluding tert-OH is 1. The van der Waals surface area contributed by atoms with Crippen LogP contribution in [0.5, 0.6) is 0 Å². The molecule has 20 heteroatoms. The van der Waals surface area contributed by atoms with Gasteiger partial charge in [-0.1, -0.05) is 38.9 Å². The highest BCUT2D eigenvalue weighted by Gasteiger charge is 2.54. The Bertz CT molecular complexity index is 1910. The maximum Gasteiger partial charge on any atom is 0.351 e. The summed E-state index contributed by atoms with van der Waals surface area (Å²) >= 11 is 0. The molecule has 19 nitrogen and oxygen atoms in total. The van der Waals surface area contributed by atoms with Crippen molar-refractivity contribution in [2.75, 3.05) is 33.0 Å². The lowest BCUT2D eigenvalue weighted by Crippen LogP contribution is -2.59. The van der Waals surface area contributed by atoms with Gasteiger partial charge in [0.05, 0.1) is 37.6 Å². The predicted octanol–water partition coefficient (Wildman–Crippen LogP) is 2.38. The van der Waals surface area contributed by atoms with Gasteiger partial charge in [-0.25, -0.2) is 28.8 Å². The van der Waals surface area contributed by atoms with Gasteiger partial charge in [-0.3, -0.25) is 9.59 Å². The number of likely N-dealkylation sites (N-methyl/N-ethyl adjacent to an activating group) is 1.